The van der Waals surface area contributed by atoms with E-state index < -0.39 is 0 Å². The van der Waals surface area contributed by atoms with Gasteiger partial charge in [-0.3, -0.25) is 4.79 Å². The summed E-state index contributed by atoms with van der Waals surface area (Å²) in [5, 5.41) is 3.30. The average molecular weight is 189 g/mol. The molecule has 1 aromatic carbocycles. The fraction of sp³-hybridized carbons (Fsp3) is 0.250. The third-order valence-corrected chi connectivity index (χ3v) is 1.88. The van der Waals surface area contributed by atoms with Crippen molar-refractivity contribution in [1.29, 1.82) is 0 Å². The minimum Gasteiger partial charge on any atom is -0.385 e. The Bertz CT molecular complexity index is 318. The Morgan fingerprint density at radius 2 is 2.14 bits per heavy atom. The van der Waals surface area contributed by atoms with E-state index in [-0.39, 0.29) is 0 Å². The second kappa shape index (κ2) is 5.97. The maximum absolute atomic E-state index is 10.2. The first kappa shape index (κ1) is 10.5. The lowest BCUT2D eigenvalue weighted by atomic mass is 10.1. The van der Waals surface area contributed by atoms with Gasteiger partial charge in [-0.2, -0.15) is 0 Å². The molecule has 2 nitrogen and oxygen atoms in total. The number of nitrogens with one attached hydrogen (secondary N) is 1. The number of para-hydroxylation sites is 1. The fourth-order valence-electron chi connectivity index (χ4n) is 1.21. The Morgan fingerprint density at radius 1 is 1.36 bits per heavy atom. The molecule has 0 unspecified atom stereocenters. The van der Waals surface area contributed by atoms with E-state index in [1.807, 2.05) is 30.3 Å². The molecule has 0 aliphatic carbocycles. The van der Waals surface area contributed by atoms with Crippen molar-refractivity contribution < 1.29 is 4.79 Å². The van der Waals surface area contributed by atoms with Gasteiger partial charge in [0.1, 0.15) is 6.29 Å². The first-order chi connectivity index (χ1) is 6.88. The number of hydrogen-bond donors (Lipinski definition) is 1. The number of benzene rings is 1. The molecule has 0 atom stereocenters. The highest BCUT2D eigenvalue weighted by Gasteiger charge is 1.95. The normalized spacial score (nSPS) is 10.4. The topological polar surface area (TPSA) is 29.1 Å². The molecule has 0 saturated carbocycles. The molecule has 0 heterocycles. The van der Waals surface area contributed by atoms with Crippen LogP contribution in [0.25, 0.3) is 6.08 Å². The highest BCUT2D eigenvalue weighted by Crippen LogP contribution is 2.16. The second-order valence-corrected chi connectivity index (χ2v) is 3.01. The minimum atomic E-state index is 0.788. The summed E-state index contributed by atoms with van der Waals surface area (Å²) in [7, 11) is 0. The van der Waals surface area contributed by atoms with Crippen molar-refractivity contribution in [2.75, 3.05) is 11.9 Å². The molecule has 0 aliphatic rings. The van der Waals surface area contributed by atoms with Gasteiger partial charge in [0.2, 0.25) is 0 Å². The number of aldehydes is 1. The minimum absolute atomic E-state index is 0.788. The van der Waals surface area contributed by atoms with Gasteiger partial charge in [-0.15, -0.1) is 0 Å². The molecule has 0 amide bonds. The predicted octanol–water partition coefficient (Wildman–Crippen LogP) is 2.72. The molecule has 1 aromatic rings. The molecule has 74 valence electrons. The van der Waals surface area contributed by atoms with Crippen molar-refractivity contribution in [1.82, 2.24) is 0 Å². The van der Waals surface area contributed by atoms with Crippen LogP contribution in [0.4, 0.5) is 5.69 Å². The highest BCUT2D eigenvalue weighted by molar-refractivity contribution is 5.77. The quantitative estimate of drug-likeness (QED) is 0.570. The Balaban J connectivity index is 2.79. The van der Waals surface area contributed by atoms with Crippen LogP contribution in [0, 0.1) is 0 Å². The molecule has 2 heteroatoms. The predicted molar refractivity (Wildman–Crippen MR) is 60.3 cm³/mol. The van der Waals surface area contributed by atoms with Crippen LogP contribution in [-0.4, -0.2) is 12.8 Å². The molecule has 0 spiro atoms. The third-order valence-electron chi connectivity index (χ3n) is 1.88. The maximum Gasteiger partial charge on any atom is 0.142 e. The molecule has 0 saturated heterocycles. The van der Waals surface area contributed by atoms with E-state index in [2.05, 4.69) is 12.2 Å². The van der Waals surface area contributed by atoms with Gasteiger partial charge in [-0.1, -0.05) is 25.1 Å². The third kappa shape index (κ3) is 3.05. The summed E-state index contributed by atoms with van der Waals surface area (Å²) in [4.78, 5) is 10.2. The number of carbonyl (C=O) groups excluding carboxylic acids is 1. The van der Waals surface area contributed by atoms with Gasteiger partial charge < -0.3 is 5.32 Å². The van der Waals surface area contributed by atoms with Crippen LogP contribution < -0.4 is 5.32 Å². The van der Waals surface area contributed by atoms with Gasteiger partial charge in [0.05, 0.1) is 0 Å². The van der Waals surface area contributed by atoms with E-state index in [1.165, 1.54) is 6.08 Å². The molecule has 0 aliphatic heterocycles. The van der Waals surface area contributed by atoms with Crippen molar-refractivity contribution >= 4 is 18.0 Å². The van der Waals surface area contributed by atoms with Crippen LogP contribution in [-0.2, 0) is 4.79 Å². The van der Waals surface area contributed by atoms with Crippen LogP contribution in [0.3, 0.4) is 0 Å². The lowest BCUT2D eigenvalue weighted by molar-refractivity contribution is -0.104. The molecule has 14 heavy (non-hydrogen) atoms. The van der Waals surface area contributed by atoms with E-state index in [4.69, 9.17) is 0 Å². The van der Waals surface area contributed by atoms with E-state index in [0.717, 1.165) is 30.5 Å². The Morgan fingerprint density at radius 3 is 2.86 bits per heavy atom. The average Bonchev–Trinajstić information content (AvgIpc) is 2.24. The molecule has 0 aromatic heterocycles. The molecular weight excluding hydrogens is 174 g/mol. The Hall–Kier alpha value is -1.57. The Kier molecular flexibility index (Phi) is 4.48. The van der Waals surface area contributed by atoms with Gasteiger partial charge in [-0.25, -0.2) is 0 Å². The van der Waals surface area contributed by atoms with Gasteiger partial charge in [0.25, 0.3) is 0 Å². The summed E-state index contributed by atoms with van der Waals surface area (Å²) in [5.74, 6) is 0. The number of hydrogen-bond acceptors (Lipinski definition) is 2. The summed E-state index contributed by atoms with van der Waals surface area (Å²) in [6.07, 6.45) is 5.19. The largest absolute Gasteiger partial charge is 0.385 e. The van der Waals surface area contributed by atoms with Gasteiger partial charge in [0, 0.05) is 12.2 Å². The molecule has 0 fully saturated rings. The zero-order valence-corrected chi connectivity index (χ0v) is 8.36. The zero-order valence-electron chi connectivity index (χ0n) is 8.36. The van der Waals surface area contributed by atoms with Crippen LogP contribution in [0.2, 0.25) is 0 Å². The fourth-order valence-corrected chi connectivity index (χ4v) is 1.21. The standard InChI is InChI=1S/C12H15NO/c1-2-9-13-12-8-4-3-6-11(12)7-5-10-14/h3-8,10,13H,2,9H2,1H3/b7-5-. The molecular formula is C12H15NO. The van der Waals surface area contributed by atoms with Crippen molar-refractivity contribution in [3.63, 3.8) is 0 Å². The van der Waals surface area contributed by atoms with E-state index >= 15 is 0 Å². The van der Waals surface area contributed by atoms with Crippen LogP contribution >= 0.6 is 0 Å². The lowest BCUT2D eigenvalue weighted by Crippen LogP contribution is -2.00. The van der Waals surface area contributed by atoms with Gasteiger partial charge in [0.15, 0.2) is 0 Å². The molecule has 1 N–H and O–H groups in total. The Labute approximate surface area is 84.6 Å². The first-order valence-corrected chi connectivity index (χ1v) is 4.83. The lowest BCUT2D eigenvalue weighted by Gasteiger charge is -2.07. The second-order valence-electron chi connectivity index (χ2n) is 3.01. The summed E-state index contributed by atoms with van der Waals surface area (Å²) < 4.78 is 0. The maximum atomic E-state index is 10.2. The number of rotatable bonds is 5. The van der Waals surface area contributed by atoms with Crippen LogP contribution in [0.15, 0.2) is 30.3 Å². The first-order valence-electron chi connectivity index (χ1n) is 4.83. The highest BCUT2D eigenvalue weighted by atomic mass is 16.1. The zero-order chi connectivity index (χ0) is 10.2. The summed E-state index contributed by atoms with van der Waals surface area (Å²) in [5.41, 5.74) is 2.13. The van der Waals surface area contributed by atoms with E-state index in [1.54, 1.807) is 0 Å². The molecule has 0 radical (unpaired) electrons. The number of carbonyl (C=O) groups is 1. The number of allylic oxidation sites excluding steroid dienone is 1. The summed E-state index contributed by atoms with van der Waals surface area (Å²) in [6.45, 7) is 3.07. The van der Waals surface area contributed by atoms with E-state index in [9.17, 15) is 4.79 Å². The summed E-state index contributed by atoms with van der Waals surface area (Å²) >= 11 is 0. The van der Waals surface area contributed by atoms with Gasteiger partial charge >= 0.3 is 0 Å². The van der Waals surface area contributed by atoms with Crippen LogP contribution in [0.1, 0.15) is 18.9 Å². The summed E-state index contributed by atoms with van der Waals surface area (Å²) in [6, 6.07) is 7.94. The van der Waals surface area contributed by atoms with Crippen molar-refractivity contribution in [2.24, 2.45) is 0 Å². The van der Waals surface area contributed by atoms with Crippen molar-refractivity contribution in [2.45, 2.75) is 13.3 Å². The SMILES string of the molecule is CCCNc1ccccc1/C=C\C=O. The van der Waals surface area contributed by atoms with E-state index in [0.29, 0.717) is 0 Å². The monoisotopic (exact) mass is 189 g/mol. The molecule has 1 rings (SSSR count). The van der Waals surface area contributed by atoms with Crippen LogP contribution in [0.5, 0.6) is 0 Å². The van der Waals surface area contributed by atoms with Crippen molar-refractivity contribution in [3.8, 4) is 0 Å². The van der Waals surface area contributed by atoms with Crippen molar-refractivity contribution in [3.05, 3.63) is 35.9 Å². The smallest absolute Gasteiger partial charge is 0.142 e. The van der Waals surface area contributed by atoms with Gasteiger partial charge in [-0.05, 0) is 30.2 Å². The number of anilines is 1. The molecule has 0 bridgehead atoms.